The number of rotatable bonds is 4. The van der Waals surface area contributed by atoms with E-state index in [4.69, 9.17) is 5.73 Å². The summed E-state index contributed by atoms with van der Waals surface area (Å²) in [6.07, 6.45) is 6.50. The molecule has 3 rings (SSSR count). The number of benzene rings is 1. The lowest BCUT2D eigenvalue weighted by Crippen LogP contribution is -2.40. The van der Waals surface area contributed by atoms with E-state index in [1.807, 2.05) is 0 Å². The summed E-state index contributed by atoms with van der Waals surface area (Å²) in [5.41, 5.74) is 8.38. The van der Waals surface area contributed by atoms with Gasteiger partial charge in [-0.1, -0.05) is 36.4 Å². The molecule has 0 aliphatic carbocycles. The summed E-state index contributed by atoms with van der Waals surface area (Å²) in [5.74, 6) is 0.904. The van der Waals surface area contributed by atoms with Gasteiger partial charge >= 0.3 is 0 Å². The van der Waals surface area contributed by atoms with Crippen molar-refractivity contribution in [2.75, 3.05) is 17.2 Å². The maximum Gasteiger partial charge on any atom is 0.156 e. The predicted molar refractivity (Wildman–Crippen MR) is 97.0 cm³/mol. The van der Waals surface area contributed by atoms with Gasteiger partial charge in [-0.25, -0.2) is 9.97 Å². The first-order valence-electron chi connectivity index (χ1n) is 8.30. The van der Waals surface area contributed by atoms with E-state index >= 15 is 0 Å². The number of nitrogens with zero attached hydrogens (tertiary/aromatic N) is 3. The molecule has 1 aliphatic rings. The lowest BCUT2D eigenvalue weighted by atomic mass is 10.00. The van der Waals surface area contributed by atoms with E-state index in [0.717, 1.165) is 28.7 Å². The SMILES string of the molecule is CCC1CCCCN1c1ncnc(Sc2ccc(C)cc2)c1N. The number of aryl methyl sites for hydroxylation is 1. The molecule has 1 saturated heterocycles. The molecule has 122 valence electrons. The van der Waals surface area contributed by atoms with Gasteiger partial charge in [-0.15, -0.1) is 0 Å². The average molecular weight is 328 g/mol. The number of aromatic nitrogens is 2. The van der Waals surface area contributed by atoms with Crippen LogP contribution in [-0.2, 0) is 0 Å². The van der Waals surface area contributed by atoms with Gasteiger partial charge in [0.2, 0.25) is 0 Å². The molecule has 0 bridgehead atoms. The van der Waals surface area contributed by atoms with Crippen molar-refractivity contribution in [2.24, 2.45) is 0 Å². The first-order chi connectivity index (χ1) is 11.2. The maximum atomic E-state index is 6.42. The summed E-state index contributed by atoms with van der Waals surface area (Å²) in [4.78, 5) is 12.4. The fourth-order valence-corrected chi connectivity index (χ4v) is 3.90. The second-order valence-corrected chi connectivity index (χ2v) is 7.14. The van der Waals surface area contributed by atoms with Crippen molar-refractivity contribution in [1.82, 2.24) is 9.97 Å². The van der Waals surface area contributed by atoms with Gasteiger partial charge in [-0.2, -0.15) is 0 Å². The molecular formula is C18H24N4S. The quantitative estimate of drug-likeness (QED) is 0.849. The Morgan fingerprint density at radius 2 is 2.00 bits per heavy atom. The molecule has 1 unspecified atom stereocenters. The Balaban J connectivity index is 1.87. The molecule has 5 heteroatoms. The van der Waals surface area contributed by atoms with E-state index in [-0.39, 0.29) is 0 Å². The van der Waals surface area contributed by atoms with Crippen LogP contribution in [0.15, 0.2) is 40.5 Å². The zero-order valence-corrected chi connectivity index (χ0v) is 14.6. The van der Waals surface area contributed by atoms with Crippen LogP contribution in [0.25, 0.3) is 0 Å². The number of hydrogen-bond donors (Lipinski definition) is 1. The normalized spacial score (nSPS) is 18.2. The zero-order valence-electron chi connectivity index (χ0n) is 13.8. The van der Waals surface area contributed by atoms with Crippen molar-refractivity contribution in [3.05, 3.63) is 36.2 Å². The average Bonchev–Trinajstić information content (AvgIpc) is 2.59. The van der Waals surface area contributed by atoms with Crippen LogP contribution < -0.4 is 10.6 Å². The van der Waals surface area contributed by atoms with Crippen molar-refractivity contribution in [3.8, 4) is 0 Å². The summed E-state index contributed by atoms with van der Waals surface area (Å²) in [6, 6.07) is 8.98. The van der Waals surface area contributed by atoms with E-state index in [1.54, 1.807) is 18.1 Å². The number of nitrogen functional groups attached to an aromatic ring is 1. The standard InChI is InChI=1S/C18H24N4S/c1-3-14-6-4-5-11-22(14)17-16(19)18(21-12-20-17)23-15-9-7-13(2)8-10-15/h7-10,12,14H,3-6,11,19H2,1-2H3. The maximum absolute atomic E-state index is 6.42. The predicted octanol–water partition coefficient (Wildman–Crippen LogP) is 4.29. The third kappa shape index (κ3) is 3.61. The molecule has 1 aromatic carbocycles. The molecular weight excluding hydrogens is 304 g/mol. The smallest absolute Gasteiger partial charge is 0.156 e. The molecule has 2 heterocycles. The first-order valence-corrected chi connectivity index (χ1v) is 9.12. The van der Waals surface area contributed by atoms with Gasteiger partial charge in [-0.3, -0.25) is 0 Å². The summed E-state index contributed by atoms with van der Waals surface area (Å²) in [6.45, 7) is 5.36. The Labute approximate surface area is 142 Å². The zero-order chi connectivity index (χ0) is 16.2. The van der Waals surface area contributed by atoms with Crippen LogP contribution in [0.5, 0.6) is 0 Å². The van der Waals surface area contributed by atoms with Crippen molar-refractivity contribution in [1.29, 1.82) is 0 Å². The van der Waals surface area contributed by atoms with Gasteiger partial charge in [0.05, 0.1) is 0 Å². The Bertz CT molecular complexity index is 657. The highest BCUT2D eigenvalue weighted by molar-refractivity contribution is 7.99. The minimum Gasteiger partial charge on any atom is -0.394 e. The van der Waals surface area contributed by atoms with Crippen molar-refractivity contribution in [3.63, 3.8) is 0 Å². The van der Waals surface area contributed by atoms with Gasteiger partial charge in [-0.05, 0) is 44.7 Å². The number of nitrogens with two attached hydrogens (primary N) is 1. The Morgan fingerprint density at radius 1 is 1.22 bits per heavy atom. The molecule has 0 spiro atoms. The van der Waals surface area contributed by atoms with Gasteiger partial charge < -0.3 is 10.6 Å². The summed E-state index contributed by atoms with van der Waals surface area (Å²) in [7, 11) is 0. The molecule has 1 atom stereocenters. The molecule has 4 nitrogen and oxygen atoms in total. The molecule has 23 heavy (non-hydrogen) atoms. The highest BCUT2D eigenvalue weighted by Gasteiger charge is 2.25. The highest BCUT2D eigenvalue weighted by atomic mass is 32.2. The van der Waals surface area contributed by atoms with Gasteiger partial charge in [0.15, 0.2) is 5.82 Å². The van der Waals surface area contributed by atoms with Crippen LogP contribution in [0, 0.1) is 6.92 Å². The summed E-state index contributed by atoms with van der Waals surface area (Å²) < 4.78 is 0. The van der Waals surface area contributed by atoms with E-state index in [9.17, 15) is 0 Å². The number of anilines is 2. The fourth-order valence-electron chi connectivity index (χ4n) is 3.10. The topological polar surface area (TPSA) is 55.0 Å². The largest absolute Gasteiger partial charge is 0.394 e. The monoisotopic (exact) mass is 328 g/mol. The third-order valence-electron chi connectivity index (χ3n) is 4.43. The first kappa shape index (κ1) is 16.1. The molecule has 0 radical (unpaired) electrons. The van der Waals surface area contributed by atoms with Crippen molar-refractivity contribution in [2.45, 2.75) is 55.5 Å². The molecule has 1 fully saturated rings. The second-order valence-electron chi connectivity index (χ2n) is 6.08. The minimum absolute atomic E-state index is 0.540. The third-order valence-corrected chi connectivity index (χ3v) is 5.46. The summed E-state index contributed by atoms with van der Waals surface area (Å²) in [5, 5.41) is 0.847. The second kappa shape index (κ2) is 7.21. The highest BCUT2D eigenvalue weighted by Crippen LogP contribution is 2.36. The van der Waals surface area contributed by atoms with E-state index in [2.05, 4.69) is 53.0 Å². The van der Waals surface area contributed by atoms with Crippen LogP contribution in [0.2, 0.25) is 0 Å². The van der Waals surface area contributed by atoms with Gasteiger partial charge in [0.25, 0.3) is 0 Å². The lowest BCUT2D eigenvalue weighted by Gasteiger charge is -2.36. The van der Waals surface area contributed by atoms with Crippen LogP contribution >= 0.6 is 11.8 Å². The fraction of sp³-hybridized carbons (Fsp3) is 0.444. The molecule has 1 aromatic heterocycles. The van der Waals surface area contributed by atoms with E-state index in [1.165, 1.54) is 24.8 Å². The van der Waals surface area contributed by atoms with Gasteiger partial charge in [0, 0.05) is 17.5 Å². The van der Waals surface area contributed by atoms with Crippen LogP contribution in [0.1, 0.15) is 38.2 Å². The van der Waals surface area contributed by atoms with Crippen molar-refractivity contribution < 1.29 is 0 Å². The Hall–Kier alpha value is -1.75. The molecule has 0 saturated carbocycles. The van der Waals surface area contributed by atoms with Crippen LogP contribution in [0.4, 0.5) is 11.5 Å². The number of piperidine rings is 1. The molecule has 1 aliphatic heterocycles. The molecule has 0 amide bonds. The van der Waals surface area contributed by atoms with E-state index < -0.39 is 0 Å². The Morgan fingerprint density at radius 3 is 2.74 bits per heavy atom. The minimum atomic E-state index is 0.540. The van der Waals surface area contributed by atoms with E-state index in [0.29, 0.717) is 11.7 Å². The van der Waals surface area contributed by atoms with Gasteiger partial charge in [0.1, 0.15) is 17.0 Å². The van der Waals surface area contributed by atoms with Crippen molar-refractivity contribution >= 4 is 23.3 Å². The van der Waals surface area contributed by atoms with Crippen LogP contribution in [0.3, 0.4) is 0 Å². The molecule has 2 aromatic rings. The Kier molecular flexibility index (Phi) is 5.06. The van der Waals surface area contributed by atoms with Crippen LogP contribution in [-0.4, -0.2) is 22.6 Å². The lowest BCUT2D eigenvalue weighted by molar-refractivity contribution is 0.447. The molecule has 2 N–H and O–H groups in total. The summed E-state index contributed by atoms with van der Waals surface area (Å²) >= 11 is 1.61. The number of hydrogen-bond acceptors (Lipinski definition) is 5.